The number of hydrogen-bond donors (Lipinski definition) is 0. The summed E-state index contributed by atoms with van der Waals surface area (Å²) in [5, 5.41) is 0.530. The maximum atomic E-state index is 11.9. The molecule has 0 aromatic heterocycles. The molecule has 0 unspecified atom stereocenters. The zero-order chi connectivity index (χ0) is 13.4. The van der Waals surface area contributed by atoms with Crippen LogP contribution in [0.4, 0.5) is 0 Å². The molecule has 100 valence electrons. The summed E-state index contributed by atoms with van der Waals surface area (Å²) in [6.45, 7) is 5.63. The predicted molar refractivity (Wildman–Crippen MR) is 74.1 cm³/mol. The van der Waals surface area contributed by atoms with E-state index < -0.39 is 0 Å². The molecule has 0 N–H and O–H groups in total. The summed E-state index contributed by atoms with van der Waals surface area (Å²) in [5.41, 5.74) is 0. The Labute approximate surface area is 114 Å². The highest BCUT2D eigenvalue weighted by atomic mass is 35.5. The molecule has 4 heteroatoms. The van der Waals surface area contributed by atoms with Gasteiger partial charge in [0, 0.05) is 13.1 Å². The molecule has 1 aromatic rings. The van der Waals surface area contributed by atoms with E-state index in [2.05, 4.69) is 6.92 Å². The van der Waals surface area contributed by atoms with Gasteiger partial charge in [0.05, 0.1) is 5.02 Å². The minimum absolute atomic E-state index is 0.00543. The zero-order valence-corrected chi connectivity index (χ0v) is 11.7. The number of nitrogens with zero attached hydrogens (tertiary/aromatic N) is 1. The van der Waals surface area contributed by atoms with Crippen molar-refractivity contribution in [2.45, 2.75) is 26.7 Å². The molecule has 0 fully saturated rings. The fourth-order valence-corrected chi connectivity index (χ4v) is 1.79. The number of halogens is 1. The molecule has 0 aliphatic heterocycles. The third-order valence-corrected chi connectivity index (χ3v) is 3.02. The Morgan fingerprint density at radius 3 is 2.67 bits per heavy atom. The van der Waals surface area contributed by atoms with E-state index in [1.807, 2.05) is 19.1 Å². The molecule has 0 aliphatic rings. The number of carbonyl (C=O) groups is 1. The van der Waals surface area contributed by atoms with Crippen LogP contribution in [0.25, 0.3) is 0 Å². The topological polar surface area (TPSA) is 29.5 Å². The van der Waals surface area contributed by atoms with Crippen molar-refractivity contribution in [1.29, 1.82) is 0 Å². The van der Waals surface area contributed by atoms with Gasteiger partial charge in [-0.05, 0) is 25.5 Å². The number of amides is 1. The first-order valence-corrected chi connectivity index (χ1v) is 6.72. The normalized spacial score (nSPS) is 10.2. The second kappa shape index (κ2) is 7.98. The van der Waals surface area contributed by atoms with E-state index in [0.29, 0.717) is 17.3 Å². The maximum absolute atomic E-state index is 11.9. The van der Waals surface area contributed by atoms with Gasteiger partial charge in [-0.25, -0.2) is 0 Å². The van der Waals surface area contributed by atoms with Crippen molar-refractivity contribution in [3.05, 3.63) is 29.3 Å². The summed E-state index contributed by atoms with van der Waals surface area (Å²) in [6.07, 6.45) is 2.10. The monoisotopic (exact) mass is 269 g/mol. The third-order valence-electron chi connectivity index (χ3n) is 2.70. The number of likely N-dealkylation sites (N-methyl/N-ethyl adjacent to an activating group) is 1. The quantitative estimate of drug-likeness (QED) is 0.760. The van der Waals surface area contributed by atoms with Gasteiger partial charge in [0.25, 0.3) is 5.91 Å². The molecule has 0 spiro atoms. The van der Waals surface area contributed by atoms with Gasteiger partial charge in [-0.15, -0.1) is 0 Å². The lowest BCUT2D eigenvalue weighted by molar-refractivity contribution is -0.133. The number of benzene rings is 1. The summed E-state index contributed by atoms with van der Waals surface area (Å²) in [6, 6.07) is 7.17. The van der Waals surface area contributed by atoms with Gasteiger partial charge in [0.2, 0.25) is 0 Å². The predicted octanol–water partition coefficient (Wildman–Crippen LogP) is 3.37. The molecule has 18 heavy (non-hydrogen) atoms. The van der Waals surface area contributed by atoms with Crippen molar-refractivity contribution >= 4 is 17.5 Å². The van der Waals surface area contributed by atoms with E-state index in [9.17, 15) is 4.79 Å². The molecular formula is C14H20ClNO2. The summed E-state index contributed by atoms with van der Waals surface area (Å²) in [7, 11) is 0. The van der Waals surface area contributed by atoms with Crippen LogP contribution in [0.3, 0.4) is 0 Å². The number of carbonyl (C=O) groups excluding carboxylic acids is 1. The number of para-hydroxylation sites is 1. The highest BCUT2D eigenvalue weighted by molar-refractivity contribution is 6.32. The molecule has 0 radical (unpaired) electrons. The van der Waals surface area contributed by atoms with Gasteiger partial charge < -0.3 is 9.64 Å². The Kier molecular flexibility index (Phi) is 6.58. The molecule has 0 heterocycles. The van der Waals surface area contributed by atoms with E-state index in [1.165, 1.54) is 0 Å². The SMILES string of the molecule is CCCCN(CC)C(=O)COc1ccccc1Cl. The molecule has 3 nitrogen and oxygen atoms in total. The van der Waals surface area contributed by atoms with Crippen molar-refractivity contribution in [2.75, 3.05) is 19.7 Å². The summed E-state index contributed by atoms with van der Waals surface area (Å²) in [5.74, 6) is 0.560. The van der Waals surface area contributed by atoms with Gasteiger partial charge in [-0.1, -0.05) is 37.1 Å². The van der Waals surface area contributed by atoms with Crippen LogP contribution in [0.1, 0.15) is 26.7 Å². The van der Waals surface area contributed by atoms with Crippen LogP contribution in [0.15, 0.2) is 24.3 Å². The van der Waals surface area contributed by atoms with E-state index in [-0.39, 0.29) is 12.5 Å². The first-order valence-electron chi connectivity index (χ1n) is 6.34. The van der Waals surface area contributed by atoms with Crippen molar-refractivity contribution in [3.8, 4) is 5.75 Å². The van der Waals surface area contributed by atoms with Crippen molar-refractivity contribution in [1.82, 2.24) is 4.90 Å². The largest absolute Gasteiger partial charge is 0.482 e. The molecule has 1 rings (SSSR count). The van der Waals surface area contributed by atoms with E-state index in [0.717, 1.165) is 19.4 Å². The van der Waals surface area contributed by atoms with Crippen LogP contribution in [0.5, 0.6) is 5.75 Å². The minimum atomic E-state index is 0.00543. The average molecular weight is 270 g/mol. The Morgan fingerprint density at radius 1 is 1.33 bits per heavy atom. The first kappa shape index (κ1) is 14.8. The third kappa shape index (κ3) is 4.57. The Balaban J connectivity index is 2.47. The molecule has 0 aliphatic carbocycles. The zero-order valence-electron chi connectivity index (χ0n) is 11.0. The van der Waals surface area contributed by atoms with E-state index >= 15 is 0 Å². The Bertz CT molecular complexity index is 382. The van der Waals surface area contributed by atoms with Gasteiger partial charge in [0.15, 0.2) is 6.61 Å². The summed E-state index contributed by atoms with van der Waals surface area (Å²) >= 11 is 5.95. The van der Waals surface area contributed by atoms with Gasteiger partial charge in [-0.3, -0.25) is 4.79 Å². The fourth-order valence-electron chi connectivity index (χ4n) is 1.60. The fraction of sp³-hybridized carbons (Fsp3) is 0.500. The van der Waals surface area contributed by atoms with Crippen LogP contribution >= 0.6 is 11.6 Å². The van der Waals surface area contributed by atoms with Crippen molar-refractivity contribution < 1.29 is 9.53 Å². The standard InChI is InChI=1S/C14H20ClNO2/c1-3-5-10-16(4-2)14(17)11-18-13-9-7-6-8-12(13)15/h6-9H,3-5,10-11H2,1-2H3. The maximum Gasteiger partial charge on any atom is 0.260 e. The molecule has 0 saturated carbocycles. The summed E-state index contributed by atoms with van der Waals surface area (Å²) in [4.78, 5) is 13.7. The van der Waals surface area contributed by atoms with Crippen LogP contribution in [0.2, 0.25) is 5.02 Å². The lowest BCUT2D eigenvalue weighted by atomic mass is 10.3. The molecule has 1 amide bonds. The van der Waals surface area contributed by atoms with E-state index in [4.69, 9.17) is 16.3 Å². The minimum Gasteiger partial charge on any atom is -0.482 e. The Morgan fingerprint density at radius 2 is 2.06 bits per heavy atom. The van der Waals surface area contributed by atoms with Crippen LogP contribution in [-0.2, 0) is 4.79 Å². The van der Waals surface area contributed by atoms with Crippen LogP contribution in [-0.4, -0.2) is 30.5 Å². The van der Waals surface area contributed by atoms with Crippen LogP contribution < -0.4 is 4.74 Å². The van der Waals surface area contributed by atoms with Gasteiger partial charge in [0.1, 0.15) is 5.75 Å². The highest BCUT2D eigenvalue weighted by Crippen LogP contribution is 2.22. The smallest absolute Gasteiger partial charge is 0.260 e. The lowest BCUT2D eigenvalue weighted by Gasteiger charge is -2.20. The number of ether oxygens (including phenoxy) is 1. The number of unbranched alkanes of at least 4 members (excludes halogenated alkanes) is 1. The molecule has 0 atom stereocenters. The average Bonchev–Trinajstić information content (AvgIpc) is 2.38. The second-order valence-electron chi connectivity index (χ2n) is 4.05. The molecular weight excluding hydrogens is 250 g/mol. The highest BCUT2D eigenvalue weighted by Gasteiger charge is 2.12. The molecule has 1 aromatic carbocycles. The van der Waals surface area contributed by atoms with Crippen molar-refractivity contribution in [2.24, 2.45) is 0 Å². The molecule has 0 saturated heterocycles. The number of hydrogen-bond acceptors (Lipinski definition) is 2. The van der Waals surface area contributed by atoms with Crippen LogP contribution in [0, 0.1) is 0 Å². The molecule has 0 bridgehead atoms. The Hall–Kier alpha value is -1.22. The van der Waals surface area contributed by atoms with E-state index in [1.54, 1.807) is 17.0 Å². The summed E-state index contributed by atoms with van der Waals surface area (Å²) < 4.78 is 5.44. The van der Waals surface area contributed by atoms with Gasteiger partial charge >= 0.3 is 0 Å². The lowest BCUT2D eigenvalue weighted by Crippen LogP contribution is -2.35. The van der Waals surface area contributed by atoms with Crippen molar-refractivity contribution in [3.63, 3.8) is 0 Å². The first-order chi connectivity index (χ1) is 8.69. The van der Waals surface area contributed by atoms with Gasteiger partial charge in [-0.2, -0.15) is 0 Å². The second-order valence-corrected chi connectivity index (χ2v) is 4.45. The number of rotatable bonds is 7.